The highest BCUT2D eigenvalue weighted by Gasteiger charge is 2.42. The Bertz CT molecular complexity index is 639. The maximum atomic E-state index is 12.6. The smallest absolute Gasteiger partial charge is 0.326 e. The molecule has 0 unspecified atom stereocenters. The second-order valence-electron chi connectivity index (χ2n) is 7.24. The lowest BCUT2D eigenvalue weighted by Gasteiger charge is -2.39. The van der Waals surface area contributed by atoms with E-state index in [0.29, 0.717) is 12.8 Å². The number of hydrogen-bond donors (Lipinski definition) is 1. The summed E-state index contributed by atoms with van der Waals surface area (Å²) in [5.41, 5.74) is -0.716. The van der Waals surface area contributed by atoms with Crippen LogP contribution in [0.5, 0.6) is 0 Å². The minimum Gasteiger partial charge on any atom is -0.481 e. The first-order valence-electron chi connectivity index (χ1n) is 8.59. The Morgan fingerprint density at radius 2 is 1.88 bits per heavy atom. The molecule has 0 saturated carbocycles. The first-order valence-corrected chi connectivity index (χ1v) is 10.2. The van der Waals surface area contributed by atoms with Crippen molar-refractivity contribution in [3.8, 4) is 0 Å². The van der Waals surface area contributed by atoms with Crippen molar-refractivity contribution in [1.29, 1.82) is 0 Å². The van der Waals surface area contributed by atoms with Crippen molar-refractivity contribution < 1.29 is 32.6 Å². The maximum Gasteiger partial charge on any atom is 0.326 e. The monoisotopic (exact) mass is 392 g/mol. The van der Waals surface area contributed by atoms with Crippen LogP contribution in [-0.4, -0.2) is 77.6 Å². The van der Waals surface area contributed by atoms with Gasteiger partial charge < -0.3 is 14.7 Å². The van der Waals surface area contributed by atoms with Crippen LogP contribution in [0.1, 0.15) is 47.0 Å². The second kappa shape index (κ2) is 8.81. The molecule has 1 heterocycles. The van der Waals surface area contributed by atoms with Crippen LogP contribution >= 0.6 is 0 Å². The molecule has 1 atom stereocenters. The SMILES string of the molecule is CCCCS(=O)(=O)N1CCN(CC(=O)OC(C)(C)C)C(=O)[C@H]1CC(=O)O. The molecule has 0 aliphatic carbocycles. The van der Waals surface area contributed by atoms with Crippen molar-refractivity contribution in [3.05, 3.63) is 0 Å². The fourth-order valence-corrected chi connectivity index (χ4v) is 4.44. The van der Waals surface area contributed by atoms with E-state index >= 15 is 0 Å². The number of ether oxygens (including phenoxy) is 1. The van der Waals surface area contributed by atoms with Crippen LogP contribution in [-0.2, 0) is 29.1 Å². The van der Waals surface area contributed by atoms with Gasteiger partial charge in [-0.2, -0.15) is 4.31 Å². The van der Waals surface area contributed by atoms with Gasteiger partial charge in [-0.1, -0.05) is 13.3 Å². The number of unbranched alkanes of at least 4 members (excludes halogenated alkanes) is 1. The highest BCUT2D eigenvalue weighted by atomic mass is 32.2. The molecule has 1 aliphatic heterocycles. The Hall–Kier alpha value is -1.68. The summed E-state index contributed by atoms with van der Waals surface area (Å²) in [5, 5.41) is 9.08. The lowest BCUT2D eigenvalue weighted by atomic mass is 10.1. The summed E-state index contributed by atoms with van der Waals surface area (Å²) < 4.78 is 31.1. The van der Waals surface area contributed by atoms with Gasteiger partial charge in [0, 0.05) is 13.1 Å². The fourth-order valence-electron chi connectivity index (χ4n) is 2.64. The highest BCUT2D eigenvalue weighted by Crippen LogP contribution is 2.20. The molecule has 1 amide bonds. The Morgan fingerprint density at radius 1 is 1.27 bits per heavy atom. The van der Waals surface area contributed by atoms with Gasteiger partial charge in [-0.05, 0) is 27.2 Å². The average molecular weight is 392 g/mol. The van der Waals surface area contributed by atoms with Crippen molar-refractivity contribution in [2.45, 2.75) is 58.6 Å². The number of carboxylic acid groups (broad SMARTS) is 1. The van der Waals surface area contributed by atoms with E-state index in [0.717, 1.165) is 9.21 Å². The number of sulfonamides is 1. The van der Waals surface area contributed by atoms with Crippen molar-refractivity contribution >= 4 is 27.9 Å². The third-order valence-electron chi connectivity index (χ3n) is 3.76. The number of carbonyl (C=O) groups excluding carboxylic acids is 2. The van der Waals surface area contributed by atoms with E-state index in [1.807, 2.05) is 6.92 Å². The molecule has 1 saturated heterocycles. The van der Waals surface area contributed by atoms with Crippen LogP contribution in [0, 0.1) is 0 Å². The molecule has 0 bridgehead atoms. The van der Waals surface area contributed by atoms with E-state index < -0.39 is 45.9 Å². The predicted molar refractivity (Wildman–Crippen MR) is 93.9 cm³/mol. The molecule has 0 aromatic carbocycles. The Kier molecular flexibility index (Phi) is 7.57. The highest BCUT2D eigenvalue weighted by molar-refractivity contribution is 7.89. The number of esters is 1. The van der Waals surface area contributed by atoms with E-state index in [2.05, 4.69) is 0 Å². The third-order valence-corrected chi connectivity index (χ3v) is 5.71. The van der Waals surface area contributed by atoms with Crippen LogP contribution in [0.4, 0.5) is 0 Å². The maximum absolute atomic E-state index is 12.6. The Morgan fingerprint density at radius 3 is 2.38 bits per heavy atom. The van der Waals surface area contributed by atoms with Crippen LogP contribution in [0.25, 0.3) is 0 Å². The van der Waals surface area contributed by atoms with Crippen LogP contribution in [0.3, 0.4) is 0 Å². The minimum absolute atomic E-state index is 0.0134. The lowest BCUT2D eigenvalue weighted by Crippen LogP contribution is -2.60. The first kappa shape index (κ1) is 22.4. The number of carboxylic acids is 1. The van der Waals surface area contributed by atoms with E-state index in [-0.39, 0.29) is 25.4 Å². The molecular formula is C16H28N2O7S. The first-order chi connectivity index (χ1) is 11.9. The lowest BCUT2D eigenvalue weighted by molar-refractivity contribution is -0.161. The molecule has 0 spiro atoms. The quantitative estimate of drug-likeness (QED) is 0.595. The van der Waals surface area contributed by atoms with Gasteiger partial charge in [0.15, 0.2) is 0 Å². The Labute approximate surface area is 154 Å². The van der Waals surface area contributed by atoms with Crippen molar-refractivity contribution in [2.24, 2.45) is 0 Å². The summed E-state index contributed by atoms with van der Waals surface area (Å²) >= 11 is 0. The summed E-state index contributed by atoms with van der Waals surface area (Å²) in [4.78, 5) is 36.9. The second-order valence-corrected chi connectivity index (χ2v) is 9.28. The summed E-state index contributed by atoms with van der Waals surface area (Å²) in [6.07, 6.45) is 0.443. The number of piperazine rings is 1. The molecule has 10 heteroatoms. The molecular weight excluding hydrogens is 364 g/mol. The zero-order chi connectivity index (χ0) is 20.1. The topological polar surface area (TPSA) is 121 Å². The zero-order valence-electron chi connectivity index (χ0n) is 15.7. The van der Waals surface area contributed by atoms with Crippen LogP contribution in [0.2, 0.25) is 0 Å². The Balaban J connectivity index is 2.95. The molecule has 0 aromatic rings. The number of hydrogen-bond acceptors (Lipinski definition) is 6. The summed E-state index contributed by atoms with van der Waals surface area (Å²) in [6.45, 7) is 6.55. The molecule has 1 N–H and O–H groups in total. The number of rotatable bonds is 8. The van der Waals surface area contributed by atoms with Gasteiger partial charge in [0.05, 0.1) is 12.2 Å². The van der Waals surface area contributed by atoms with Gasteiger partial charge in [0.1, 0.15) is 18.2 Å². The van der Waals surface area contributed by atoms with Gasteiger partial charge in [0.2, 0.25) is 15.9 Å². The number of aliphatic carboxylic acids is 1. The average Bonchev–Trinajstić information content (AvgIpc) is 2.46. The van der Waals surface area contributed by atoms with Gasteiger partial charge in [-0.25, -0.2) is 8.42 Å². The molecule has 0 radical (unpaired) electrons. The van der Waals surface area contributed by atoms with E-state index in [9.17, 15) is 22.8 Å². The fraction of sp³-hybridized carbons (Fsp3) is 0.812. The number of carbonyl (C=O) groups is 3. The summed E-state index contributed by atoms with van der Waals surface area (Å²) in [6, 6.07) is -1.34. The molecule has 150 valence electrons. The van der Waals surface area contributed by atoms with Gasteiger partial charge in [-0.3, -0.25) is 14.4 Å². The molecule has 1 aliphatic rings. The van der Waals surface area contributed by atoms with E-state index in [1.54, 1.807) is 20.8 Å². The minimum atomic E-state index is -3.75. The third kappa shape index (κ3) is 6.56. The van der Waals surface area contributed by atoms with Crippen LogP contribution < -0.4 is 0 Å². The molecule has 1 rings (SSSR count). The molecule has 1 fully saturated rings. The number of nitrogens with zero attached hydrogens (tertiary/aromatic N) is 2. The van der Waals surface area contributed by atoms with Crippen molar-refractivity contribution in [2.75, 3.05) is 25.4 Å². The predicted octanol–water partition coefficient (Wildman–Crippen LogP) is 0.446. The van der Waals surface area contributed by atoms with Crippen LogP contribution in [0.15, 0.2) is 0 Å². The normalized spacial score (nSPS) is 19.5. The van der Waals surface area contributed by atoms with Crippen molar-refractivity contribution in [1.82, 2.24) is 9.21 Å². The molecule has 26 heavy (non-hydrogen) atoms. The van der Waals surface area contributed by atoms with Gasteiger partial charge >= 0.3 is 11.9 Å². The largest absolute Gasteiger partial charge is 0.481 e. The molecule has 9 nitrogen and oxygen atoms in total. The van der Waals surface area contributed by atoms with Gasteiger partial charge in [-0.15, -0.1) is 0 Å². The van der Waals surface area contributed by atoms with E-state index in [1.165, 1.54) is 0 Å². The zero-order valence-corrected chi connectivity index (χ0v) is 16.5. The summed E-state index contributed by atoms with van der Waals surface area (Å²) in [5.74, 6) is -2.73. The standard InChI is InChI=1S/C16H28N2O7S/c1-5-6-9-26(23,24)18-8-7-17(11-14(21)25-16(2,3)4)15(22)12(18)10-13(19)20/h12H,5-11H2,1-4H3,(H,19,20)/t12-/m1/s1. The molecule has 0 aromatic heterocycles. The van der Waals surface area contributed by atoms with Crippen molar-refractivity contribution in [3.63, 3.8) is 0 Å². The number of amides is 1. The van der Waals surface area contributed by atoms with Gasteiger partial charge in [0.25, 0.3) is 0 Å². The summed E-state index contributed by atoms with van der Waals surface area (Å²) in [7, 11) is -3.75. The van der Waals surface area contributed by atoms with E-state index in [4.69, 9.17) is 9.84 Å².